The highest BCUT2D eigenvalue weighted by atomic mass is 16.2. The molecular formula is C17H27N3O. The number of nitrogens with zero attached hydrogens (tertiary/aromatic N) is 2. The highest BCUT2D eigenvalue weighted by molar-refractivity contribution is 5.83. The van der Waals surface area contributed by atoms with E-state index in [0.29, 0.717) is 0 Å². The van der Waals surface area contributed by atoms with E-state index in [4.69, 9.17) is 5.73 Å². The van der Waals surface area contributed by atoms with E-state index in [2.05, 4.69) is 4.90 Å². The first kappa shape index (κ1) is 16.0. The molecule has 1 aliphatic heterocycles. The van der Waals surface area contributed by atoms with Crippen LogP contribution >= 0.6 is 0 Å². The maximum Gasteiger partial charge on any atom is 0.229 e. The van der Waals surface area contributed by atoms with Crippen LogP contribution in [0.1, 0.15) is 31.2 Å². The molecule has 1 fully saturated rings. The second-order valence-corrected chi connectivity index (χ2v) is 5.80. The van der Waals surface area contributed by atoms with Crippen LogP contribution in [-0.4, -0.2) is 55.0 Å². The van der Waals surface area contributed by atoms with Gasteiger partial charge in [0.2, 0.25) is 5.91 Å². The Morgan fingerprint density at radius 3 is 2.67 bits per heavy atom. The molecule has 1 atom stereocenters. The van der Waals surface area contributed by atoms with Crippen molar-refractivity contribution in [3.05, 3.63) is 35.9 Å². The monoisotopic (exact) mass is 289 g/mol. The van der Waals surface area contributed by atoms with Gasteiger partial charge < -0.3 is 15.5 Å². The van der Waals surface area contributed by atoms with Crippen LogP contribution in [0.15, 0.2) is 30.3 Å². The normalized spacial score (nSPS) is 18.3. The van der Waals surface area contributed by atoms with Crippen LogP contribution < -0.4 is 5.73 Å². The summed E-state index contributed by atoms with van der Waals surface area (Å²) in [7, 11) is 0. The van der Waals surface area contributed by atoms with Crippen molar-refractivity contribution in [2.24, 2.45) is 5.73 Å². The lowest BCUT2D eigenvalue weighted by molar-refractivity contribution is -0.132. The fraction of sp³-hybridized carbons (Fsp3) is 0.588. The van der Waals surface area contributed by atoms with Gasteiger partial charge in [0.25, 0.3) is 0 Å². The summed E-state index contributed by atoms with van der Waals surface area (Å²) >= 11 is 0. The maximum absolute atomic E-state index is 12.7. The van der Waals surface area contributed by atoms with Gasteiger partial charge in [0, 0.05) is 19.6 Å². The SMILES string of the molecule is CC(C(=O)N1CCCN(CCCN)CC1)c1ccccc1. The largest absolute Gasteiger partial charge is 0.341 e. The van der Waals surface area contributed by atoms with Gasteiger partial charge >= 0.3 is 0 Å². The van der Waals surface area contributed by atoms with Crippen molar-refractivity contribution in [3.63, 3.8) is 0 Å². The van der Waals surface area contributed by atoms with Crippen LogP contribution in [0, 0.1) is 0 Å². The van der Waals surface area contributed by atoms with Crippen LogP contribution in [0.5, 0.6) is 0 Å². The molecule has 1 unspecified atom stereocenters. The molecule has 116 valence electrons. The Morgan fingerprint density at radius 1 is 1.19 bits per heavy atom. The average Bonchev–Trinajstić information content (AvgIpc) is 2.78. The first-order valence-electron chi connectivity index (χ1n) is 7.98. The summed E-state index contributed by atoms with van der Waals surface area (Å²) in [5, 5.41) is 0. The van der Waals surface area contributed by atoms with Crippen LogP contribution in [0.4, 0.5) is 0 Å². The number of rotatable bonds is 5. The standard InChI is InChI=1S/C17H27N3O/c1-15(16-7-3-2-4-8-16)17(21)20-12-6-11-19(13-14-20)10-5-9-18/h2-4,7-8,15H,5-6,9-14,18H2,1H3. The number of carbonyl (C=O) groups excluding carboxylic acids is 1. The molecule has 0 aromatic heterocycles. The average molecular weight is 289 g/mol. The molecule has 2 N–H and O–H groups in total. The maximum atomic E-state index is 12.7. The summed E-state index contributed by atoms with van der Waals surface area (Å²) in [6, 6.07) is 10.1. The molecule has 21 heavy (non-hydrogen) atoms. The van der Waals surface area contributed by atoms with Crippen molar-refractivity contribution in [1.29, 1.82) is 0 Å². The lowest BCUT2D eigenvalue weighted by Gasteiger charge is -2.25. The molecule has 0 spiro atoms. The minimum Gasteiger partial charge on any atom is -0.341 e. The quantitative estimate of drug-likeness (QED) is 0.897. The lowest BCUT2D eigenvalue weighted by Crippen LogP contribution is -2.37. The number of benzene rings is 1. The van der Waals surface area contributed by atoms with Crippen LogP contribution in [0.3, 0.4) is 0 Å². The zero-order valence-corrected chi connectivity index (χ0v) is 13.0. The van der Waals surface area contributed by atoms with Crippen LogP contribution in [-0.2, 0) is 4.79 Å². The highest BCUT2D eigenvalue weighted by Crippen LogP contribution is 2.18. The number of carbonyl (C=O) groups is 1. The van der Waals surface area contributed by atoms with Gasteiger partial charge in [0.05, 0.1) is 5.92 Å². The van der Waals surface area contributed by atoms with Gasteiger partial charge in [0.1, 0.15) is 0 Å². The zero-order valence-electron chi connectivity index (χ0n) is 13.0. The second-order valence-electron chi connectivity index (χ2n) is 5.80. The highest BCUT2D eigenvalue weighted by Gasteiger charge is 2.23. The molecule has 1 aromatic carbocycles. The molecular weight excluding hydrogens is 262 g/mol. The van der Waals surface area contributed by atoms with Gasteiger partial charge in [-0.1, -0.05) is 30.3 Å². The molecule has 1 aromatic rings. The summed E-state index contributed by atoms with van der Waals surface area (Å²) in [6.07, 6.45) is 2.09. The summed E-state index contributed by atoms with van der Waals surface area (Å²) in [4.78, 5) is 17.1. The molecule has 0 saturated carbocycles. The van der Waals surface area contributed by atoms with Crippen LogP contribution in [0.25, 0.3) is 0 Å². The van der Waals surface area contributed by atoms with E-state index >= 15 is 0 Å². The zero-order chi connectivity index (χ0) is 15.1. The summed E-state index contributed by atoms with van der Waals surface area (Å²) in [6.45, 7) is 7.54. The fourth-order valence-corrected chi connectivity index (χ4v) is 2.89. The molecule has 4 heteroatoms. The van der Waals surface area contributed by atoms with Gasteiger partial charge in [0.15, 0.2) is 0 Å². The van der Waals surface area contributed by atoms with E-state index in [0.717, 1.165) is 57.7 Å². The Hall–Kier alpha value is -1.39. The predicted molar refractivity (Wildman–Crippen MR) is 86.2 cm³/mol. The Morgan fingerprint density at radius 2 is 1.95 bits per heavy atom. The van der Waals surface area contributed by atoms with Crippen molar-refractivity contribution >= 4 is 5.91 Å². The van der Waals surface area contributed by atoms with E-state index in [1.54, 1.807) is 0 Å². The number of nitrogens with two attached hydrogens (primary N) is 1. The van der Waals surface area contributed by atoms with E-state index in [9.17, 15) is 4.79 Å². The van der Waals surface area contributed by atoms with Gasteiger partial charge in [-0.3, -0.25) is 4.79 Å². The Labute approximate surface area is 127 Å². The predicted octanol–water partition coefficient (Wildman–Crippen LogP) is 1.67. The fourth-order valence-electron chi connectivity index (χ4n) is 2.89. The van der Waals surface area contributed by atoms with Gasteiger partial charge in [-0.25, -0.2) is 0 Å². The summed E-state index contributed by atoms with van der Waals surface area (Å²) in [5.41, 5.74) is 6.68. The Kier molecular flexibility index (Phi) is 6.21. The molecule has 0 bridgehead atoms. The van der Waals surface area contributed by atoms with E-state index in [1.165, 1.54) is 0 Å². The van der Waals surface area contributed by atoms with E-state index in [-0.39, 0.29) is 11.8 Å². The van der Waals surface area contributed by atoms with Crippen molar-refractivity contribution < 1.29 is 4.79 Å². The summed E-state index contributed by atoms with van der Waals surface area (Å²) < 4.78 is 0. The molecule has 0 aliphatic carbocycles. The number of hydrogen-bond donors (Lipinski definition) is 1. The molecule has 4 nitrogen and oxygen atoms in total. The third-order valence-corrected chi connectivity index (χ3v) is 4.25. The Balaban J connectivity index is 1.91. The van der Waals surface area contributed by atoms with Gasteiger partial charge in [-0.15, -0.1) is 0 Å². The number of hydrogen-bond acceptors (Lipinski definition) is 3. The molecule has 2 rings (SSSR count). The van der Waals surface area contributed by atoms with Crippen molar-refractivity contribution in [2.45, 2.75) is 25.7 Å². The first-order valence-corrected chi connectivity index (χ1v) is 7.98. The third kappa shape index (κ3) is 4.55. The first-order chi connectivity index (χ1) is 10.2. The minimum absolute atomic E-state index is 0.0539. The van der Waals surface area contributed by atoms with E-state index < -0.39 is 0 Å². The molecule has 0 radical (unpaired) electrons. The lowest BCUT2D eigenvalue weighted by atomic mass is 10.00. The molecule has 1 aliphatic rings. The number of amides is 1. The molecule has 1 heterocycles. The van der Waals surface area contributed by atoms with Gasteiger partial charge in [-0.05, 0) is 45.0 Å². The van der Waals surface area contributed by atoms with E-state index in [1.807, 2.05) is 42.2 Å². The molecule has 1 amide bonds. The second kappa shape index (κ2) is 8.15. The van der Waals surface area contributed by atoms with Gasteiger partial charge in [-0.2, -0.15) is 0 Å². The minimum atomic E-state index is -0.0539. The summed E-state index contributed by atoms with van der Waals surface area (Å²) in [5.74, 6) is 0.198. The smallest absolute Gasteiger partial charge is 0.229 e. The van der Waals surface area contributed by atoms with Crippen molar-refractivity contribution in [3.8, 4) is 0 Å². The Bertz CT molecular complexity index is 435. The third-order valence-electron chi connectivity index (χ3n) is 4.25. The topological polar surface area (TPSA) is 49.6 Å². The van der Waals surface area contributed by atoms with Crippen LogP contribution in [0.2, 0.25) is 0 Å². The molecule has 1 saturated heterocycles. The van der Waals surface area contributed by atoms with Crippen molar-refractivity contribution in [1.82, 2.24) is 9.80 Å². The van der Waals surface area contributed by atoms with Crippen molar-refractivity contribution in [2.75, 3.05) is 39.3 Å².